The lowest BCUT2D eigenvalue weighted by Crippen LogP contribution is -2.12. The summed E-state index contributed by atoms with van der Waals surface area (Å²) in [6, 6.07) is 1.27. The van der Waals surface area contributed by atoms with E-state index in [9.17, 15) is 13.2 Å². The second-order valence-corrected chi connectivity index (χ2v) is 2.82. The van der Waals surface area contributed by atoms with Crippen LogP contribution in [0.3, 0.4) is 0 Å². The molecule has 1 heterocycles. The molecule has 0 amide bonds. The number of anilines is 2. The van der Waals surface area contributed by atoms with Crippen molar-refractivity contribution in [2.24, 2.45) is 0 Å². The van der Waals surface area contributed by atoms with E-state index in [0.29, 0.717) is 5.82 Å². The van der Waals surface area contributed by atoms with Crippen molar-refractivity contribution in [1.82, 2.24) is 4.98 Å². The highest BCUT2D eigenvalue weighted by molar-refractivity contribution is 5.61. The zero-order chi connectivity index (χ0) is 10.8. The zero-order valence-corrected chi connectivity index (χ0v) is 7.52. The highest BCUT2D eigenvalue weighted by atomic mass is 19.4. The maximum absolute atomic E-state index is 12.0. The maximum atomic E-state index is 12.0. The zero-order valence-electron chi connectivity index (χ0n) is 7.52. The van der Waals surface area contributed by atoms with Gasteiger partial charge in [0.2, 0.25) is 0 Å². The number of aromatic nitrogens is 1. The van der Waals surface area contributed by atoms with Crippen molar-refractivity contribution in [3.8, 4) is 0 Å². The summed E-state index contributed by atoms with van der Waals surface area (Å²) < 4.78 is 35.9. The number of nitrogen functional groups attached to an aromatic ring is 1. The fourth-order valence-electron chi connectivity index (χ4n) is 1.06. The summed E-state index contributed by atoms with van der Waals surface area (Å²) in [4.78, 5) is 3.74. The van der Waals surface area contributed by atoms with E-state index in [1.54, 1.807) is 7.05 Å². The van der Waals surface area contributed by atoms with Crippen LogP contribution in [0.25, 0.3) is 0 Å². The second-order valence-electron chi connectivity index (χ2n) is 2.82. The predicted octanol–water partition coefficient (Wildman–Crippen LogP) is 1.81. The van der Waals surface area contributed by atoms with Crippen LogP contribution in [-0.2, 0) is 6.42 Å². The van der Waals surface area contributed by atoms with Gasteiger partial charge < -0.3 is 11.1 Å². The van der Waals surface area contributed by atoms with Crippen LogP contribution in [0.5, 0.6) is 0 Å². The molecule has 1 rings (SSSR count). The van der Waals surface area contributed by atoms with Gasteiger partial charge in [-0.25, -0.2) is 4.98 Å². The number of halogens is 3. The van der Waals surface area contributed by atoms with Gasteiger partial charge in [-0.2, -0.15) is 13.2 Å². The third-order valence-electron chi connectivity index (χ3n) is 1.62. The smallest absolute Gasteiger partial charge is 0.393 e. The molecule has 6 heteroatoms. The highest BCUT2D eigenvalue weighted by Gasteiger charge is 2.27. The van der Waals surface area contributed by atoms with Gasteiger partial charge in [-0.1, -0.05) is 0 Å². The molecule has 0 unspecified atom stereocenters. The van der Waals surface area contributed by atoms with Gasteiger partial charge in [0.15, 0.2) is 0 Å². The number of rotatable bonds is 2. The van der Waals surface area contributed by atoms with Crippen LogP contribution in [-0.4, -0.2) is 18.2 Å². The second kappa shape index (κ2) is 3.73. The van der Waals surface area contributed by atoms with E-state index >= 15 is 0 Å². The van der Waals surface area contributed by atoms with Crippen molar-refractivity contribution in [2.75, 3.05) is 18.1 Å². The van der Waals surface area contributed by atoms with Gasteiger partial charge in [-0.05, 0) is 11.6 Å². The molecule has 0 aliphatic carbocycles. The molecule has 0 bridgehead atoms. The molecule has 3 nitrogen and oxygen atoms in total. The molecule has 3 N–H and O–H groups in total. The maximum Gasteiger partial charge on any atom is 0.393 e. The van der Waals surface area contributed by atoms with Crippen LogP contribution in [0.1, 0.15) is 5.56 Å². The van der Waals surface area contributed by atoms with E-state index in [0.717, 1.165) is 6.20 Å². The van der Waals surface area contributed by atoms with Crippen LogP contribution in [0.4, 0.5) is 24.7 Å². The number of alkyl halides is 3. The van der Waals surface area contributed by atoms with Gasteiger partial charge >= 0.3 is 6.18 Å². The number of hydrogen-bond acceptors (Lipinski definition) is 3. The molecule has 0 radical (unpaired) electrons. The summed E-state index contributed by atoms with van der Waals surface area (Å²) >= 11 is 0. The molecular formula is C8H10F3N3. The first-order valence-electron chi connectivity index (χ1n) is 3.91. The Morgan fingerprint density at radius 1 is 1.50 bits per heavy atom. The first-order chi connectivity index (χ1) is 6.42. The predicted molar refractivity (Wildman–Crippen MR) is 48.0 cm³/mol. The van der Waals surface area contributed by atoms with E-state index < -0.39 is 12.6 Å². The molecule has 1 aromatic rings. The third-order valence-corrected chi connectivity index (χ3v) is 1.62. The van der Waals surface area contributed by atoms with E-state index in [1.807, 2.05) is 0 Å². The molecule has 14 heavy (non-hydrogen) atoms. The lowest BCUT2D eigenvalue weighted by molar-refractivity contribution is -0.127. The first-order valence-corrected chi connectivity index (χ1v) is 3.91. The number of hydrogen-bond donors (Lipinski definition) is 2. The average molecular weight is 205 g/mol. The molecule has 0 aliphatic rings. The lowest BCUT2D eigenvalue weighted by Gasteiger charge is -2.08. The van der Waals surface area contributed by atoms with E-state index in [-0.39, 0.29) is 11.3 Å². The third kappa shape index (κ3) is 2.79. The number of nitrogens with zero attached hydrogens (tertiary/aromatic N) is 1. The standard InChI is InChI=1S/C8H10F3N3/c1-13-7-6(12)2-5(4-14-7)3-8(9,10)11/h2,4H,3,12H2,1H3,(H,13,14). The Balaban J connectivity index is 2.87. The van der Waals surface area contributed by atoms with Gasteiger partial charge in [0.25, 0.3) is 0 Å². The molecule has 0 fully saturated rings. The molecule has 1 aromatic heterocycles. The Kier molecular flexibility index (Phi) is 2.83. The van der Waals surface area contributed by atoms with Crippen LogP contribution >= 0.6 is 0 Å². The molecule has 0 atom stereocenters. The van der Waals surface area contributed by atoms with Gasteiger partial charge in [-0.3, -0.25) is 0 Å². The number of nitrogens with one attached hydrogen (secondary N) is 1. The summed E-state index contributed by atoms with van der Waals surface area (Å²) in [6.07, 6.45) is -4.07. The van der Waals surface area contributed by atoms with Gasteiger partial charge in [0.05, 0.1) is 12.1 Å². The monoisotopic (exact) mass is 205 g/mol. The summed E-state index contributed by atoms with van der Waals surface area (Å²) in [5.41, 5.74) is 5.74. The van der Waals surface area contributed by atoms with E-state index in [2.05, 4.69) is 10.3 Å². The first kappa shape index (κ1) is 10.6. The summed E-state index contributed by atoms with van der Waals surface area (Å²) in [5, 5.41) is 2.67. The van der Waals surface area contributed by atoms with Gasteiger partial charge in [0, 0.05) is 13.2 Å². The lowest BCUT2D eigenvalue weighted by atomic mass is 10.2. The van der Waals surface area contributed by atoms with E-state index in [4.69, 9.17) is 5.73 Å². The minimum absolute atomic E-state index is 0.0639. The van der Waals surface area contributed by atoms with Crippen molar-refractivity contribution in [3.05, 3.63) is 17.8 Å². The van der Waals surface area contributed by atoms with Gasteiger partial charge in [0.1, 0.15) is 5.82 Å². The minimum atomic E-state index is -4.23. The largest absolute Gasteiger partial charge is 0.396 e. The minimum Gasteiger partial charge on any atom is -0.396 e. The molecule has 0 aromatic carbocycles. The van der Waals surface area contributed by atoms with Crippen molar-refractivity contribution in [3.63, 3.8) is 0 Å². The number of pyridine rings is 1. The molecular weight excluding hydrogens is 195 g/mol. The topological polar surface area (TPSA) is 50.9 Å². The fourth-order valence-corrected chi connectivity index (χ4v) is 1.06. The Morgan fingerprint density at radius 2 is 2.14 bits per heavy atom. The summed E-state index contributed by atoms with van der Waals surface area (Å²) in [7, 11) is 1.60. The van der Waals surface area contributed by atoms with Crippen molar-refractivity contribution < 1.29 is 13.2 Å². The van der Waals surface area contributed by atoms with Crippen molar-refractivity contribution >= 4 is 11.5 Å². The quantitative estimate of drug-likeness (QED) is 0.774. The highest BCUT2D eigenvalue weighted by Crippen LogP contribution is 2.23. The molecule has 0 aliphatic heterocycles. The molecule has 0 saturated heterocycles. The normalized spacial score (nSPS) is 11.4. The average Bonchev–Trinajstić information content (AvgIpc) is 2.01. The Hall–Kier alpha value is -1.46. The Bertz CT molecular complexity index is 322. The molecule has 0 saturated carbocycles. The summed E-state index contributed by atoms with van der Waals surface area (Å²) in [6.45, 7) is 0. The molecule has 0 spiro atoms. The number of nitrogens with two attached hydrogens (primary N) is 1. The van der Waals surface area contributed by atoms with Gasteiger partial charge in [-0.15, -0.1) is 0 Å². The SMILES string of the molecule is CNc1ncc(CC(F)(F)F)cc1N. The Labute approximate surface area is 79.1 Å². The van der Waals surface area contributed by atoms with Crippen molar-refractivity contribution in [2.45, 2.75) is 12.6 Å². The van der Waals surface area contributed by atoms with Crippen LogP contribution < -0.4 is 11.1 Å². The van der Waals surface area contributed by atoms with Crippen LogP contribution in [0, 0.1) is 0 Å². The fraction of sp³-hybridized carbons (Fsp3) is 0.375. The summed E-state index contributed by atoms with van der Waals surface area (Å²) in [5.74, 6) is 0.385. The van der Waals surface area contributed by atoms with E-state index in [1.165, 1.54) is 6.07 Å². The van der Waals surface area contributed by atoms with Crippen molar-refractivity contribution in [1.29, 1.82) is 0 Å². The van der Waals surface area contributed by atoms with Crippen LogP contribution in [0.15, 0.2) is 12.3 Å². The Morgan fingerprint density at radius 3 is 2.57 bits per heavy atom. The molecule has 78 valence electrons. The van der Waals surface area contributed by atoms with Crippen LogP contribution in [0.2, 0.25) is 0 Å².